The van der Waals surface area contributed by atoms with E-state index < -0.39 is 6.29 Å². The van der Waals surface area contributed by atoms with E-state index in [1.165, 1.54) is 0 Å². The maximum atomic E-state index is 11.2. The van der Waals surface area contributed by atoms with Crippen molar-refractivity contribution in [2.24, 2.45) is 5.92 Å². The molecule has 13 heavy (non-hydrogen) atoms. The van der Waals surface area contributed by atoms with Crippen LogP contribution >= 0.6 is 0 Å². The summed E-state index contributed by atoms with van der Waals surface area (Å²) in [5.74, 6) is -0.385. The second-order valence-corrected chi connectivity index (χ2v) is 3.34. The Hall–Kier alpha value is -0.570. The molecule has 0 rings (SSSR count). The minimum absolute atomic E-state index is 0.0962. The number of unbranched alkanes of at least 4 members (excludes halogenated alkanes) is 1. The lowest BCUT2D eigenvalue weighted by molar-refractivity contribution is -0.172. The Morgan fingerprint density at radius 2 is 2.08 bits per heavy atom. The topological polar surface area (TPSA) is 46.5 Å². The highest BCUT2D eigenvalue weighted by molar-refractivity contribution is 5.71. The highest BCUT2D eigenvalue weighted by atomic mass is 16.6. The van der Waals surface area contributed by atoms with Crippen LogP contribution in [-0.2, 0) is 9.53 Å². The van der Waals surface area contributed by atoms with Gasteiger partial charge in [0.05, 0.1) is 5.92 Å². The van der Waals surface area contributed by atoms with Gasteiger partial charge in [-0.05, 0) is 6.42 Å². The number of hydrogen-bond donors (Lipinski definition) is 1. The molecular weight excluding hydrogens is 168 g/mol. The first kappa shape index (κ1) is 12.4. The SMILES string of the molecule is CCCCC(C)C(=O)OC(O)CC. The zero-order valence-electron chi connectivity index (χ0n) is 8.75. The summed E-state index contributed by atoms with van der Waals surface area (Å²) in [4.78, 5) is 11.2. The summed E-state index contributed by atoms with van der Waals surface area (Å²) in [5.41, 5.74) is 0. The van der Waals surface area contributed by atoms with Gasteiger partial charge in [-0.3, -0.25) is 4.79 Å². The summed E-state index contributed by atoms with van der Waals surface area (Å²) in [6, 6.07) is 0. The van der Waals surface area contributed by atoms with Gasteiger partial charge in [-0.2, -0.15) is 0 Å². The summed E-state index contributed by atoms with van der Waals surface area (Å²) in [5, 5.41) is 9.06. The molecule has 0 fully saturated rings. The molecule has 3 heteroatoms. The molecule has 0 amide bonds. The van der Waals surface area contributed by atoms with Crippen LogP contribution in [0.15, 0.2) is 0 Å². The highest BCUT2D eigenvalue weighted by Crippen LogP contribution is 2.10. The third-order valence-corrected chi connectivity index (χ3v) is 1.99. The van der Waals surface area contributed by atoms with E-state index in [9.17, 15) is 4.79 Å². The van der Waals surface area contributed by atoms with E-state index in [2.05, 4.69) is 6.92 Å². The predicted molar refractivity (Wildman–Crippen MR) is 51.1 cm³/mol. The maximum Gasteiger partial charge on any atom is 0.310 e. The molecule has 2 atom stereocenters. The van der Waals surface area contributed by atoms with Crippen LogP contribution in [-0.4, -0.2) is 17.4 Å². The van der Waals surface area contributed by atoms with Crippen LogP contribution in [0.3, 0.4) is 0 Å². The van der Waals surface area contributed by atoms with E-state index in [0.29, 0.717) is 6.42 Å². The molecule has 0 aromatic carbocycles. The molecule has 0 aromatic rings. The Balaban J connectivity index is 3.68. The number of aliphatic hydroxyl groups excluding tert-OH is 1. The van der Waals surface area contributed by atoms with E-state index in [0.717, 1.165) is 19.3 Å². The van der Waals surface area contributed by atoms with Crippen LogP contribution in [0.25, 0.3) is 0 Å². The molecule has 0 spiro atoms. The second-order valence-electron chi connectivity index (χ2n) is 3.34. The molecule has 0 saturated heterocycles. The Bertz CT molecular complexity index is 145. The molecular formula is C10H20O3. The number of rotatable bonds is 6. The Labute approximate surface area is 80.1 Å². The summed E-state index contributed by atoms with van der Waals surface area (Å²) >= 11 is 0. The number of carbonyl (C=O) groups excluding carboxylic acids is 1. The maximum absolute atomic E-state index is 11.2. The van der Waals surface area contributed by atoms with Gasteiger partial charge < -0.3 is 9.84 Å². The molecule has 0 heterocycles. The lowest BCUT2D eigenvalue weighted by Crippen LogP contribution is -2.21. The average molecular weight is 188 g/mol. The molecule has 2 unspecified atom stereocenters. The standard InChI is InChI=1S/C10H20O3/c1-4-6-7-8(3)10(12)13-9(11)5-2/h8-9,11H,4-7H2,1-3H3. The predicted octanol–water partition coefficient (Wildman–Crippen LogP) is 2.08. The van der Waals surface area contributed by atoms with Crippen LogP contribution in [0.5, 0.6) is 0 Å². The van der Waals surface area contributed by atoms with Gasteiger partial charge in [0, 0.05) is 6.42 Å². The number of carbonyl (C=O) groups is 1. The lowest BCUT2D eigenvalue weighted by Gasteiger charge is -2.13. The fraction of sp³-hybridized carbons (Fsp3) is 0.900. The number of esters is 1. The van der Waals surface area contributed by atoms with Crippen LogP contribution in [0.2, 0.25) is 0 Å². The van der Waals surface area contributed by atoms with Crippen molar-refractivity contribution in [1.29, 1.82) is 0 Å². The van der Waals surface area contributed by atoms with E-state index in [-0.39, 0.29) is 11.9 Å². The quantitative estimate of drug-likeness (QED) is 0.513. The first-order valence-corrected chi connectivity index (χ1v) is 5.00. The van der Waals surface area contributed by atoms with Crippen molar-refractivity contribution in [3.63, 3.8) is 0 Å². The zero-order chi connectivity index (χ0) is 10.3. The minimum atomic E-state index is -0.934. The third-order valence-electron chi connectivity index (χ3n) is 1.99. The molecule has 0 aliphatic carbocycles. The lowest BCUT2D eigenvalue weighted by atomic mass is 10.1. The molecule has 0 aliphatic heterocycles. The van der Waals surface area contributed by atoms with E-state index >= 15 is 0 Å². The first-order valence-electron chi connectivity index (χ1n) is 5.00. The average Bonchev–Trinajstić information content (AvgIpc) is 2.13. The van der Waals surface area contributed by atoms with Crippen LogP contribution in [0.1, 0.15) is 46.5 Å². The molecule has 0 bridgehead atoms. The summed E-state index contributed by atoms with van der Waals surface area (Å²) in [7, 11) is 0. The van der Waals surface area contributed by atoms with Crippen molar-refractivity contribution in [1.82, 2.24) is 0 Å². The monoisotopic (exact) mass is 188 g/mol. The second kappa shape index (κ2) is 6.89. The minimum Gasteiger partial charge on any atom is -0.436 e. The van der Waals surface area contributed by atoms with Gasteiger partial charge in [0.25, 0.3) is 0 Å². The van der Waals surface area contributed by atoms with E-state index in [1.54, 1.807) is 6.92 Å². The number of hydrogen-bond acceptors (Lipinski definition) is 3. The molecule has 78 valence electrons. The fourth-order valence-corrected chi connectivity index (χ4v) is 0.962. The molecule has 3 nitrogen and oxygen atoms in total. The van der Waals surface area contributed by atoms with Crippen molar-refractivity contribution in [3.05, 3.63) is 0 Å². The molecule has 0 saturated carbocycles. The van der Waals surface area contributed by atoms with Crippen molar-refractivity contribution in [2.75, 3.05) is 0 Å². The Kier molecular flexibility index (Phi) is 6.59. The van der Waals surface area contributed by atoms with Gasteiger partial charge >= 0.3 is 5.97 Å². The van der Waals surface area contributed by atoms with Crippen molar-refractivity contribution >= 4 is 5.97 Å². The van der Waals surface area contributed by atoms with Crippen molar-refractivity contribution < 1.29 is 14.6 Å². The number of ether oxygens (including phenoxy) is 1. The smallest absolute Gasteiger partial charge is 0.310 e. The normalized spacial score (nSPS) is 15.1. The molecule has 0 aliphatic rings. The van der Waals surface area contributed by atoms with Crippen molar-refractivity contribution in [3.8, 4) is 0 Å². The molecule has 0 aromatic heterocycles. The van der Waals surface area contributed by atoms with Crippen LogP contribution in [0, 0.1) is 5.92 Å². The van der Waals surface area contributed by atoms with Gasteiger partial charge in [-0.15, -0.1) is 0 Å². The van der Waals surface area contributed by atoms with Gasteiger partial charge in [-0.1, -0.05) is 33.6 Å². The summed E-state index contributed by atoms with van der Waals surface area (Å²) in [6.07, 6.45) is 2.46. The first-order chi connectivity index (χ1) is 6.11. The van der Waals surface area contributed by atoms with Crippen LogP contribution < -0.4 is 0 Å². The van der Waals surface area contributed by atoms with Gasteiger partial charge in [0.1, 0.15) is 0 Å². The number of aliphatic hydroxyl groups is 1. The largest absolute Gasteiger partial charge is 0.436 e. The Morgan fingerprint density at radius 1 is 1.46 bits per heavy atom. The molecule has 0 radical (unpaired) electrons. The molecule has 1 N–H and O–H groups in total. The van der Waals surface area contributed by atoms with Crippen LogP contribution in [0.4, 0.5) is 0 Å². The highest BCUT2D eigenvalue weighted by Gasteiger charge is 2.16. The summed E-state index contributed by atoms with van der Waals surface area (Å²) in [6.45, 7) is 5.69. The van der Waals surface area contributed by atoms with Gasteiger partial charge in [-0.25, -0.2) is 0 Å². The van der Waals surface area contributed by atoms with E-state index in [4.69, 9.17) is 9.84 Å². The zero-order valence-corrected chi connectivity index (χ0v) is 8.75. The third kappa shape index (κ3) is 5.64. The van der Waals surface area contributed by atoms with Gasteiger partial charge in [0.2, 0.25) is 0 Å². The van der Waals surface area contributed by atoms with E-state index in [1.807, 2.05) is 6.92 Å². The summed E-state index contributed by atoms with van der Waals surface area (Å²) < 4.78 is 4.77. The Morgan fingerprint density at radius 3 is 2.54 bits per heavy atom. The fourth-order valence-electron chi connectivity index (χ4n) is 0.962. The van der Waals surface area contributed by atoms with Gasteiger partial charge in [0.15, 0.2) is 6.29 Å². The van der Waals surface area contributed by atoms with Crippen molar-refractivity contribution in [2.45, 2.75) is 52.7 Å².